The Morgan fingerprint density at radius 3 is 2.30 bits per heavy atom. The molecule has 324 valence electrons. The van der Waals surface area contributed by atoms with Crippen molar-refractivity contribution in [1.82, 2.24) is 15.2 Å². The maximum Gasteiger partial charge on any atom is 0.322 e. The van der Waals surface area contributed by atoms with Gasteiger partial charge in [-0.1, -0.05) is 65.7 Å². The number of fused-ring (bicyclic) bond motifs is 2. The van der Waals surface area contributed by atoms with Crippen molar-refractivity contribution in [2.45, 2.75) is 52.0 Å². The molecule has 63 heavy (non-hydrogen) atoms. The number of benzene rings is 5. The number of hydrogen-bond acceptors (Lipinski definition) is 7. The van der Waals surface area contributed by atoms with Crippen molar-refractivity contribution < 1.29 is 42.5 Å². The van der Waals surface area contributed by atoms with Gasteiger partial charge >= 0.3 is 6.03 Å². The number of carbonyl (C=O) groups excluding carboxylic acids is 2. The molecule has 0 bridgehead atoms. The van der Waals surface area contributed by atoms with Crippen molar-refractivity contribution in [2.24, 2.45) is 0 Å². The van der Waals surface area contributed by atoms with Crippen LogP contribution in [0.15, 0.2) is 109 Å². The summed E-state index contributed by atoms with van der Waals surface area (Å²) < 4.78 is 46.7. The highest BCUT2D eigenvalue weighted by molar-refractivity contribution is 6.42. The Labute approximate surface area is 372 Å². The van der Waals surface area contributed by atoms with Crippen molar-refractivity contribution in [3.05, 3.63) is 170 Å². The first-order chi connectivity index (χ1) is 30.4. The van der Waals surface area contributed by atoms with Crippen LogP contribution in [0.1, 0.15) is 45.2 Å². The lowest BCUT2D eigenvalue weighted by molar-refractivity contribution is -0.126. The van der Waals surface area contributed by atoms with E-state index in [4.69, 9.17) is 47.3 Å². The van der Waals surface area contributed by atoms with E-state index in [2.05, 4.69) is 34.7 Å². The van der Waals surface area contributed by atoms with Crippen LogP contribution >= 0.6 is 23.2 Å². The van der Waals surface area contributed by atoms with Gasteiger partial charge in [-0.05, 0) is 119 Å². The molecule has 0 aliphatic carbocycles. The van der Waals surface area contributed by atoms with Crippen LogP contribution in [0.4, 0.5) is 19.3 Å². The van der Waals surface area contributed by atoms with Gasteiger partial charge in [0.1, 0.15) is 36.6 Å². The number of ether oxygens (including phenoxy) is 3. The Morgan fingerprint density at radius 1 is 0.889 bits per heavy atom. The second-order valence-electron chi connectivity index (χ2n) is 14.9. The number of halogens is 4. The molecule has 11 nitrogen and oxygen atoms in total. The molecule has 2 atom stereocenters. The number of urea groups is 1. The van der Waals surface area contributed by atoms with Gasteiger partial charge in [0.2, 0.25) is 5.91 Å². The van der Waals surface area contributed by atoms with Crippen molar-refractivity contribution in [2.75, 3.05) is 18.5 Å². The van der Waals surface area contributed by atoms with E-state index < -0.39 is 29.8 Å². The molecular formula is C48H42Cl2F2N4O7. The summed E-state index contributed by atoms with van der Waals surface area (Å²) in [5, 5.41) is 13.4. The standard InChI is InChI=1S/C47H40Cl2F2N4O5.CH2O2/c1-27-28(2)52-16-14-39(27)31-6-3-29(4-7-31)13-15-53-46(56)42-18-33-19-43-44(20-34(33)24-55(42)47(57)54-37-22-35(50)21-36(51)23-37)60-45(26-59-43)32-8-10-38(11-9-32)58-25-30-5-12-40(48)41(49)17-30;2-1-3/h3-12,14,16-17,19-23,42,45H,13,15,18,24-26H2,1-2H3,(H,53,56)(H,54,57);1H,(H,2,3). The van der Waals surface area contributed by atoms with Crippen LogP contribution in [-0.4, -0.2) is 52.6 Å². The van der Waals surface area contributed by atoms with Crippen molar-refractivity contribution >= 4 is 47.3 Å². The van der Waals surface area contributed by atoms with Crippen molar-refractivity contribution in [3.8, 4) is 28.4 Å². The molecule has 1 aromatic heterocycles. The molecule has 6 aromatic rings. The SMILES string of the molecule is Cc1nccc(-c2ccc(CCNC(=O)C3Cc4cc5c(cc4CN3C(=O)Nc3cc(F)cc(F)c3)OC(c3ccc(OCc4ccc(Cl)c(Cl)c4)cc3)CO5)cc2)c1C.O=CO. The molecule has 5 aromatic carbocycles. The number of aromatic nitrogens is 1. The second kappa shape index (κ2) is 20.0. The van der Waals surface area contributed by atoms with Crippen LogP contribution in [0.5, 0.6) is 17.2 Å². The van der Waals surface area contributed by atoms with Crippen LogP contribution < -0.4 is 24.8 Å². The number of anilines is 1. The highest BCUT2D eigenvalue weighted by Gasteiger charge is 2.36. The predicted molar refractivity (Wildman–Crippen MR) is 236 cm³/mol. The van der Waals surface area contributed by atoms with Gasteiger partial charge in [0, 0.05) is 43.2 Å². The summed E-state index contributed by atoms with van der Waals surface area (Å²) in [5.41, 5.74) is 8.58. The Morgan fingerprint density at radius 2 is 1.59 bits per heavy atom. The number of nitrogens with zero attached hydrogens (tertiary/aromatic N) is 2. The minimum atomic E-state index is -0.927. The first kappa shape index (κ1) is 44.4. The van der Waals surface area contributed by atoms with Crippen molar-refractivity contribution in [1.29, 1.82) is 0 Å². The van der Waals surface area contributed by atoms with Crippen LogP contribution in [0, 0.1) is 25.5 Å². The average Bonchev–Trinajstić information content (AvgIpc) is 3.26. The number of carboxylic acid groups (broad SMARTS) is 1. The summed E-state index contributed by atoms with van der Waals surface area (Å²) >= 11 is 12.2. The summed E-state index contributed by atoms with van der Waals surface area (Å²) in [7, 11) is 0. The second-order valence-corrected chi connectivity index (χ2v) is 15.8. The molecule has 2 unspecified atom stereocenters. The molecule has 0 saturated heterocycles. The van der Waals surface area contributed by atoms with E-state index in [9.17, 15) is 18.4 Å². The lowest BCUT2D eigenvalue weighted by Gasteiger charge is -2.37. The molecule has 0 radical (unpaired) electrons. The van der Waals surface area contributed by atoms with Gasteiger partial charge < -0.3 is 34.9 Å². The third kappa shape index (κ3) is 10.9. The molecule has 3 heterocycles. The smallest absolute Gasteiger partial charge is 0.322 e. The summed E-state index contributed by atoms with van der Waals surface area (Å²) in [4.78, 5) is 41.8. The van der Waals surface area contributed by atoms with E-state index in [0.29, 0.717) is 46.9 Å². The quantitative estimate of drug-likeness (QED) is 0.116. The fourth-order valence-corrected chi connectivity index (χ4v) is 7.73. The Balaban J connectivity index is 0.00000193. The first-order valence-corrected chi connectivity index (χ1v) is 20.7. The maximum absolute atomic E-state index is 14.1. The highest BCUT2D eigenvalue weighted by Crippen LogP contribution is 2.41. The summed E-state index contributed by atoms with van der Waals surface area (Å²) in [5.74, 6) is -0.368. The van der Waals surface area contributed by atoms with Crippen LogP contribution in [-0.2, 0) is 35.6 Å². The number of aryl methyl sites for hydroxylation is 1. The lowest BCUT2D eigenvalue weighted by Crippen LogP contribution is -2.54. The van der Waals surface area contributed by atoms with E-state index >= 15 is 0 Å². The molecular weight excluding hydrogens is 853 g/mol. The predicted octanol–water partition coefficient (Wildman–Crippen LogP) is 10.1. The Bertz CT molecular complexity index is 2610. The number of hydrogen-bond donors (Lipinski definition) is 3. The van der Waals surface area contributed by atoms with Crippen LogP contribution in [0.2, 0.25) is 10.0 Å². The van der Waals surface area contributed by atoms with E-state index in [-0.39, 0.29) is 37.6 Å². The molecule has 8 rings (SSSR count). The zero-order valence-electron chi connectivity index (χ0n) is 34.2. The lowest BCUT2D eigenvalue weighted by atomic mass is 9.92. The number of carbonyl (C=O) groups is 3. The van der Waals surface area contributed by atoms with Gasteiger partial charge in [-0.3, -0.25) is 14.6 Å². The van der Waals surface area contributed by atoms with Crippen molar-refractivity contribution in [3.63, 3.8) is 0 Å². The topological polar surface area (TPSA) is 139 Å². The number of pyridine rings is 1. The summed E-state index contributed by atoms with van der Waals surface area (Å²) in [6.07, 6.45) is 2.11. The molecule has 3 amide bonds. The molecule has 3 N–H and O–H groups in total. The molecule has 0 saturated carbocycles. The normalized spacial score (nSPS) is 15.0. The number of rotatable bonds is 10. The molecule has 2 aliphatic heterocycles. The number of amides is 3. The van der Waals surface area contributed by atoms with Gasteiger partial charge in [0.15, 0.2) is 17.6 Å². The van der Waals surface area contributed by atoms with Gasteiger partial charge in [0.25, 0.3) is 6.47 Å². The van der Waals surface area contributed by atoms with Crippen LogP contribution in [0.3, 0.4) is 0 Å². The Hall–Kier alpha value is -6.70. The van der Waals surface area contributed by atoms with Gasteiger partial charge in [0.05, 0.1) is 10.0 Å². The summed E-state index contributed by atoms with van der Waals surface area (Å²) in [6, 6.07) is 27.9. The molecule has 2 aliphatic rings. The zero-order valence-corrected chi connectivity index (χ0v) is 35.7. The van der Waals surface area contributed by atoms with E-state index in [0.717, 1.165) is 68.4 Å². The third-order valence-electron chi connectivity index (χ3n) is 10.8. The first-order valence-electron chi connectivity index (χ1n) is 19.9. The van der Waals surface area contributed by atoms with Crippen LogP contribution in [0.25, 0.3) is 11.1 Å². The maximum atomic E-state index is 14.1. The largest absolute Gasteiger partial charge is 0.489 e. The Kier molecular flexibility index (Phi) is 14.1. The van der Waals surface area contributed by atoms with E-state index in [1.54, 1.807) is 18.3 Å². The molecule has 0 spiro atoms. The zero-order chi connectivity index (χ0) is 44.6. The summed E-state index contributed by atoms with van der Waals surface area (Å²) in [6.45, 7) is 4.71. The molecule has 15 heteroatoms. The highest BCUT2D eigenvalue weighted by atomic mass is 35.5. The molecule has 0 fully saturated rings. The van der Waals surface area contributed by atoms with Gasteiger partial charge in [-0.2, -0.15) is 0 Å². The monoisotopic (exact) mass is 894 g/mol. The fraction of sp³-hybridized carbons (Fsp3) is 0.208. The number of nitrogens with one attached hydrogen (secondary N) is 2. The van der Waals surface area contributed by atoms with E-state index in [1.807, 2.05) is 67.6 Å². The minimum absolute atomic E-state index is 0.0264. The van der Waals surface area contributed by atoms with E-state index in [1.165, 1.54) is 4.90 Å². The minimum Gasteiger partial charge on any atom is -0.489 e. The third-order valence-corrected chi connectivity index (χ3v) is 11.5. The van der Waals surface area contributed by atoms with Gasteiger partial charge in [-0.15, -0.1) is 0 Å². The average molecular weight is 896 g/mol. The fourth-order valence-electron chi connectivity index (χ4n) is 7.41. The van der Waals surface area contributed by atoms with Gasteiger partial charge in [-0.25, -0.2) is 13.6 Å².